The Morgan fingerprint density at radius 2 is 1.42 bits per heavy atom. The second kappa shape index (κ2) is 28.8. The third-order valence-corrected chi connectivity index (χ3v) is 15.4. The van der Waals surface area contributed by atoms with Gasteiger partial charge in [0, 0.05) is 47.9 Å². The van der Waals surface area contributed by atoms with E-state index in [1.165, 1.54) is 19.9 Å². The summed E-state index contributed by atoms with van der Waals surface area (Å²) in [6.07, 6.45) is -0.0274. The number of aromatic amines is 1. The van der Waals surface area contributed by atoms with Crippen LogP contribution in [0.3, 0.4) is 0 Å². The normalized spacial score (nSPS) is 22.5. The molecule has 1 aliphatic rings. The summed E-state index contributed by atoms with van der Waals surface area (Å²) in [6, 6.07) is 10.6. The van der Waals surface area contributed by atoms with Crippen LogP contribution >= 0.6 is 44.2 Å². The molecule has 4 unspecified atom stereocenters. The summed E-state index contributed by atoms with van der Waals surface area (Å²) in [5, 5.41) is 61.0. The first-order valence-corrected chi connectivity index (χ1v) is 27.5. The Morgan fingerprint density at radius 3 is 2.10 bits per heavy atom. The Bertz CT molecular complexity index is 2520. The fourth-order valence-electron chi connectivity index (χ4n) is 7.86. The topological polar surface area (TPSA) is 356 Å². The first kappa shape index (κ1) is 58.4. The van der Waals surface area contributed by atoms with E-state index in [1.807, 2.05) is 77.2 Å². The number of nitrogens with one attached hydrogen (secondary N) is 8. The van der Waals surface area contributed by atoms with Crippen molar-refractivity contribution in [3.8, 4) is 5.75 Å². The number of phenolic OH excluding ortho intramolecular Hbond substituents is 1. The van der Waals surface area contributed by atoms with Gasteiger partial charge in [-0.2, -0.15) is 0 Å². The molecule has 1 aromatic heterocycles. The Balaban J connectivity index is 1.59. The van der Waals surface area contributed by atoms with Gasteiger partial charge in [-0.25, -0.2) is 0 Å². The van der Waals surface area contributed by atoms with Gasteiger partial charge in [0.1, 0.15) is 42.0 Å². The lowest BCUT2D eigenvalue weighted by atomic mass is 10.0. The number of rotatable bonds is 17. The highest BCUT2D eigenvalue weighted by atomic mass is 125. The lowest BCUT2D eigenvalue weighted by Gasteiger charge is -2.29. The van der Waals surface area contributed by atoms with E-state index in [-0.39, 0.29) is 42.9 Å². The van der Waals surface area contributed by atoms with Crippen molar-refractivity contribution in [2.75, 3.05) is 24.7 Å². The highest BCUT2D eigenvalue weighted by Gasteiger charge is 2.37. The number of carbonyl (C=O) groups excluding carboxylic acids is 7. The van der Waals surface area contributed by atoms with Gasteiger partial charge >= 0.3 is 0 Å². The van der Waals surface area contributed by atoms with E-state index in [0.29, 0.717) is 34.1 Å². The molecule has 2 heterocycles. The SMILES string of the molecule is CC(O)[C@@H]1NC(=O)[C@H](CCCC[NH3+])NC(=O)[C@@H](Cc2c[nH]c3ccccc23)NC(=O)[C@H](Cc2ccc(O)c([125I])c2)NC(=O)C(NC(=O)C([NH3+])Cc2ccccc2)CSSC[C@@H](C(=O)N[C@H](CO)C(C)O)NC1=O. The van der Waals surface area contributed by atoms with Crippen molar-refractivity contribution in [1.29, 1.82) is 0 Å². The summed E-state index contributed by atoms with van der Waals surface area (Å²) < 4.78 is 0.464. The number of para-hydroxylation sites is 1. The lowest BCUT2D eigenvalue weighted by Crippen LogP contribution is -2.70. The summed E-state index contributed by atoms with van der Waals surface area (Å²) in [5.74, 6) is -6.00. The fourth-order valence-corrected chi connectivity index (χ4v) is 10.8. The minimum Gasteiger partial charge on any atom is -0.507 e. The van der Waals surface area contributed by atoms with Crippen molar-refractivity contribution >= 4 is 96.4 Å². The molecule has 0 spiro atoms. The third-order valence-electron chi connectivity index (χ3n) is 12.1. The van der Waals surface area contributed by atoms with E-state index >= 15 is 0 Å². The summed E-state index contributed by atoms with van der Waals surface area (Å²) in [7, 11) is 2.06. The van der Waals surface area contributed by atoms with Gasteiger partial charge in [-0.3, -0.25) is 33.6 Å². The molecule has 21 nitrogen and oxygen atoms in total. The molecule has 1 aliphatic heterocycles. The zero-order valence-electron chi connectivity index (χ0n) is 40.6. The number of hydrogen-bond acceptors (Lipinski definition) is 13. The molecule has 10 atom stereocenters. The molecule has 4 aromatic rings. The number of benzene rings is 3. The largest absolute Gasteiger partial charge is 0.507 e. The van der Waals surface area contributed by atoms with Crippen molar-refractivity contribution in [2.45, 2.75) is 113 Å². The van der Waals surface area contributed by atoms with Crippen molar-refractivity contribution in [2.24, 2.45) is 0 Å². The number of phenols is 1. The van der Waals surface area contributed by atoms with E-state index in [4.69, 9.17) is 0 Å². The molecule has 5 rings (SSSR count). The summed E-state index contributed by atoms with van der Waals surface area (Å²) >= 11 is 1.93. The molecular weight excluding hydrogens is 1090 g/mol. The predicted molar refractivity (Wildman–Crippen MR) is 284 cm³/mol. The Morgan fingerprint density at radius 1 is 0.781 bits per heavy atom. The number of halogens is 1. The molecular formula is C49H67IN10O11S2+2. The average Bonchev–Trinajstić information content (AvgIpc) is 3.77. The van der Waals surface area contributed by atoms with Gasteiger partial charge in [0.25, 0.3) is 5.91 Å². The van der Waals surface area contributed by atoms with Crippen LogP contribution in [0.1, 0.15) is 49.8 Å². The Kier molecular flexibility index (Phi) is 23.1. The molecule has 18 N–H and O–H groups in total. The Hall–Kier alpha value is -5.48. The number of aliphatic hydroxyl groups is 3. The van der Waals surface area contributed by atoms with Crippen LogP contribution in [0.2, 0.25) is 0 Å². The molecule has 1 saturated heterocycles. The molecule has 396 valence electrons. The summed E-state index contributed by atoms with van der Waals surface area (Å²) in [6.45, 7) is 2.46. The number of quaternary nitrogens is 2. The first-order valence-electron chi connectivity index (χ1n) is 23.9. The van der Waals surface area contributed by atoms with Crippen LogP contribution in [-0.2, 0) is 52.8 Å². The molecule has 7 amide bonds. The van der Waals surface area contributed by atoms with Crippen LogP contribution in [0, 0.1) is 3.57 Å². The van der Waals surface area contributed by atoms with Gasteiger partial charge < -0.3 is 74.1 Å². The minimum absolute atomic E-state index is 0.0101. The number of aliphatic hydroxyl groups excluding tert-OH is 3. The van der Waals surface area contributed by atoms with E-state index < -0.39 is 108 Å². The van der Waals surface area contributed by atoms with E-state index in [2.05, 4.69) is 53.7 Å². The van der Waals surface area contributed by atoms with Gasteiger partial charge in [0.2, 0.25) is 35.4 Å². The van der Waals surface area contributed by atoms with Crippen molar-refractivity contribution in [3.05, 3.63) is 99.3 Å². The standard InChI is InChI=1S/C49H65IN10O11S2/c1-26(62)38(23-61)57-48(70)40-25-73-72-24-39(58-43(65)33(52)19-28-10-4-3-5-11-28)47(69)55-36(20-29-15-16-41(64)32(50)18-29)45(67)56-37(21-30-22-53-34-13-7-6-12-31(30)34)46(68)54-35(14-8-9-17-51)44(66)60-42(27(2)63)49(71)59-40/h3-7,10-13,15-16,18,22,26-27,33,35-40,42,53,61-64H,8-9,14,17,19-21,23-25,51-52H2,1-2H3,(H,54,68)(H,55,69)(H,56,67)(H,57,70)(H,58,65)(H,59,71)(H,60,66)/p+2/t26?,27?,33?,35-,36-,37+,38+,39?,40-,42-/m0/s1/i50-2. The van der Waals surface area contributed by atoms with Crippen molar-refractivity contribution in [1.82, 2.24) is 42.2 Å². The van der Waals surface area contributed by atoms with Crippen LogP contribution < -0.4 is 48.7 Å². The molecule has 24 heteroatoms. The van der Waals surface area contributed by atoms with E-state index in [0.717, 1.165) is 38.1 Å². The molecule has 1 fully saturated rings. The second-order valence-electron chi connectivity index (χ2n) is 17.9. The van der Waals surface area contributed by atoms with E-state index in [1.54, 1.807) is 18.3 Å². The highest BCUT2D eigenvalue weighted by molar-refractivity contribution is 14.1. The minimum atomic E-state index is -1.66. The maximum absolute atomic E-state index is 14.8. The summed E-state index contributed by atoms with van der Waals surface area (Å²) in [5.41, 5.74) is 10.7. The van der Waals surface area contributed by atoms with Crippen LogP contribution in [-0.4, -0.2) is 152 Å². The number of carbonyl (C=O) groups is 7. The number of amides is 7. The van der Waals surface area contributed by atoms with Gasteiger partial charge in [-0.1, -0.05) is 76.2 Å². The second-order valence-corrected chi connectivity index (χ2v) is 21.6. The molecule has 73 heavy (non-hydrogen) atoms. The van der Waals surface area contributed by atoms with Gasteiger partial charge in [0.15, 0.2) is 6.04 Å². The van der Waals surface area contributed by atoms with Gasteiger partial charge in [-0.05, 0) is 90.6 Å². The van der Waals surface area contributed by atoms with Crippen LogP contribution in [0.4, 0.5) is 0 Å². The third kappa shape index (κ3) is 17.6. The monoisotopic (exact) mass is 1160 g/mol. The van der Waals surface area contributed by atoms with Crippen LogP contribution in [0.25, 0.3) is 10.9 Å². The fraction of sp³-hybridized carbons (Fsp3) is 0.449. The molecule has 0 bridgehead atoms. The number of aromatic nitrogens is 1. The number of hydrogen-bond donors (Lipinski definition) is 14. The number of unbranched alkanes of at least 4 members (excludes halogenated alkanes) is 1. The zero-order valence-corrected chi connectivity index (χ0v) is 44.4. The van der Waals surface area contributed by atoms with Crippen LogP contribution in [0.15, 0.2) is 79.0 Å². The molecule has 0 radical (unpaired) electrons. The maximum atomic E-state index is 14.8. The first-order chi connectivity index (χ1) is 34.9. The van der Waals surface area contributed by atoms with E-state index in [9.17, 15) is 54.0 Å². The average molecular weight is 1160 g/mol. The van der Waals surface area contributed by atoms with Gasteiger partial charge in [0.05, 0.1) is 35.0 Å². The zero-order chi connectivity index (χ0) is 53.2. The van der Waals surface area contributed by atoms with Crippen LogP contribution in [0.5, 0.6) is 5.75 Å². The number of H-pyrrole nitrogens is 1. The quantitative estimate of drug-likeness (QED) is 0.0312. The van der Waals surface area contributed by atoms with Crippen molar-refractivity contribution in [3.63, 3.8) is 0 Å². The number of aromatic hydroxyl groups is 1. The molecule has 0 aliphatic carbocycles. The Labute approximate surface area is 444 Å². The smallest absolute Gasteiger partial charge is 0.279 e. The number of fused-ring (bicyclic) bond motifs is 1. The van der Waals surface area contributed by atoms with Gasteiger partial charge in [-0.15, -0.1) is 0 Å². The summed E-state index contributed by atoms with van der Waals surface area (Å²) in [4.78, 5) is 103. The predicted octanol–water partition coefficient (Wildman–Crippen LogP) is -1.93. The molecule has 3 aromatic carbocycles. The lowest BCUT2D eigenvalue weighted by molar-refractivity contribution is -0.403. The maximum Gasteiger partial charge on any atom is 0.279 e. The highest BCUT2D eigenvalue weighted by Crippen LogP contribution is 2.25. The van der Waals surface area contributed by atoms with Crippen molar-refractivity contribution < 1.29 is 65.5 Å². The molecule has 0 saturated carbocycles.